The van der Waals surface area contributed by atoms with Crippen molar-refractivity contribution < 1.29 is 9.53 Å². The van der Waals surface area contributed by atoms with Crippen LogP contribution in [-0.4, -0.2) is 55.5 Å². The van der Waals surface area contributed by atoms with Crippen molar-refractivity contribution in [3.05, 3.63) is 54.4 Å². The Kier molecular flexibility index (Phi) is 8.49. The normalized spacial score (nSPS) is 16.3. The van der Waals surface area contributed by atoms with Gasteiger partial charge in [-0.05, 0) is 36.2 Å². The third-order valence-electron chi connectivity index (χ3n) is 4.64. The summed E-state index contributed by atoms with van der Waals surface area (Å²) in [6, 6.07) is 11.8. The number of anilines is 1. The van der Waals surface area contributed by atoms with E-state index in [9.17, 15) is 4.79 Å². The number of halogens is 1. The van der Waals surface area contributed by atoms with Crippen molar-refractivity contribution >= 4 is 41.5 Å². The largest absolute Gasteiger partial charge is 0.497 e. The summed E-state index contributed by atoms with van der Waals surface area (Å²) in [5.41, 5.74) is 1.98. The Balaban J connectivity index is 0.00000280. The number of carbonyl (C=O) groups excluding carboxylic acids is 1. The highest BCUT2D eigenvalue weighted by Crippen LogP contribution is 2.28. The van der Waals surface area contributed by atoms with Crippen molar-refractivity contribution in [2.24, 2.45) is 4.99 Å². The molecule has 1 aliphatic heterocycles. The minimum absolute atomic E-state index is 0. The summed E-state index contributed by atoms with van der Waals surface area (Å²) in [7, 11) is 3.41. The fourth-order valence-electron chi connectivity index (χ4n) is 3.23. The number of nitrogens with zero attached hydrogens (tertiary/aromatic N) is 3. The molecule has 1 fully saturated rings. The van der Waals surface area contributed by atoms with Crippen molar-refractivity contribution in [3.8, 4) is 5.75 Å². The number of hydrogen-bond acceptors (Lipinski definition) is 4. The molecular formula is C20H26IN5O2. The molecule has 1 atom stereocenters. The number of likely N-dealkylation sites (tertiary alicyclic amines) is 1. The van der Waals surface area contributed by atoms with Gasteiger partial charge in [0.05, 0.1) is 25.5 Å². The molecule has 150 valence electrons. The van der Waals surface area contributed by atoms with Gasteiger partial charge in [-0.25, -0.2) is 0 Å². The highest BCUT2D eigenvalue weighted by molar-refractivity contribution is 14.0. The van der Waals surface area contributed by atoms with Crippen molar-refractivity contribution in [1.29, 1.82) is 0 Å². The predicted octanol–water partition coefficient (Wildman–Crippen LogP) is 2.71. The summed E-state index contributed by atoms with van der Waals surface area (Å²) in [5.74, 6) is 1.92. The summed E-state index contributed by atoms with van der Waals surface area (Å²) in [5, 5.41) is 5.95. The molecule has 1 unspecified atom stereocenters. The molecule has 0 spiro atoms. The van der Waals surface area contributed by atoms with Gasteiger partial charge in [-0.1, -0.05) is 12.1 Å². The fourth-order valence-corrected chi connectivity index (χ4v) is 3.23. The molecule has 0 radical (unpaired) electrons. The lowest BCUT2D eigenvalue weighted by Crippen LogP contribution is -2.43. The number of amides is 1. The third-order valence-corrected chi connectivity index (χ3v) is 4.64. The van der Waals surface area contributed by atoms with Crippen LogP contribution < -0.4 is 15.4 Å². The molecule has 8 heteroatoms. The Morgan fingerprint density at radius 3 is 2.75 bits per heavy atom. The molecule has 0 bridgehead atoms. The van der Waals surface area contributed by atoms with E-state index >= 15 is 0 Å². The number of aliphatic imine (C=N–C) groups is 1. The van der Waals surface area contributed by atoms with Crippen molar-refractivity contribution in [2.75, 3.05) is 39.1 Å². The van der Waals surface area contributed by atoms with Gasteiger partial charge in [-0.15, -0.1) is 24.0 Å². The molecule has 2 N–H and O–H groups in total. The number of nitrogens with one attached hydrogen (secondary N) is 2. The van der Waals surface area contributed by atoms with E-state index in [0.29, 0.717) is 11.6 Å². The monoisotopic (exact) mass is 495 g/mol. The smallest absolute Gasteiger partial charge is 0.243 e. The van der Waals surface area contributed by atoms with E-state index in [0.717, 1.165) is 31.2 Å². The molecule has 0 saturated carbocycles. The number of pyridine rings is 1. The molecular weight excluding hydrogens is 469 g/mol. The van der Waals surface area contributed by atoms with Crippen LogP contribution in [0.5, 0.6) is 5.75 Å². The van der Waals surface area contributed by atoms with Crippen LogP contribution in [-0.2, 0) is 4.79 Å². The average molecular weight is 495 g/mol. The zero-order valence-electron chi connectivity index (χ0n) is 16.1. The van der Waals surface area contributed by atoms with Crippen LogP contribution in [0, 0.1) is 0 Å². The molecule has 0 aliphatic carbocycles. The van der Waals surface area contributed by atoms with E-state index in [1.807, 2.05) is 12.1 Å². The zero-order chi connectivity index (χ0) is 19.1. The van der Waals surface area contributed by atoms with Crippen LogP contribution in [0.3, 0.4) is 0 Å². The second-order valence-electron chi connectivity index (χ2n) is 6.40. The van der Waals surface area contributed by atoms with E-state index in [2.05, 4.69) is 37.6 Å². The molecule has 3 rings (SSSR count). The van der Waals surface area contributed by atoms with Gasteiger partial charge in [0.1, 0.15) is 5.75 Å². The minimum Gasteiger partial charge on any atom is -0.497 e. The second-order valence-corrected chi connectivity index (χ2v) is 6.40. The minimum atomic E-state index is -0.130. The maximum absolute atomic E-state index is 12.1. The molecule has 7 nitrogen and oxygen atoms in total. The highest BCUT2D eigenvalue weighted by Gasteiger charge is 2.26. The lowest BCUT2D eigenvalue weighted by molar-refractivity contribution is -0.115. The molecule has 1 saturated heterocycles. The highest BCUT2D eigenvalue weighted by atomic mass is 127. The van der Waals surface area contributed by atoms with Gasteiger partial charge in [-0.3, -0.25) is 14.8 Å². The van der Waals surface area contributed by atoms with Crippen LogP contribution in [0.4, 0.5) is 5.69 Å². The number of carbonyl (C=O) groups is 1. The number of hydrogen-bond donors (Lipinski definition) is 2. The first-order valence-electron chi connectivity index (χ1n) is 8.99. The van der Waals surface area contributed by atoms with E-state index in [1.165, 1.54) is 5.56 Å². The van der Waals surface area contributed by atoms with Gasteiger partial charge < -0.3 is 20.3 Å². The summed E-state index contributed by atoms with van der Waals surface area (Å²) in [6.45, 7) is 1.93. The SMILES string of the molecule is CN=C(NCC(=O)Nc1cccnc1)N1CCC(c2ccc(OC)cc2)C1.I. The number of methoxy groups -OCH3 is 1. The lowest BCUT2D eigenvalue weighted by Gasteiger charge is -2.21. The topological polar surface area (TPSA) is 78.8 Å². The number of ether oxygens (including phenoxy) is 1. The van der Waals surface area contributed by atoms with Gasteiger partial charge in [0.25, 0.3) is 0 Å². The third kappa shape index (κ3) is 5.82. The fraction of sp³-hybridized carbons (Fsp3) is 0.350. The molecule has 1 aromatic carbocycles. The average Bonchev–Trinajstić information content (AvgIpc) is 3.19. The van der Waals surface area contributed by atoms with E-state index in [1.54, 1.807) is 38.7 Å². The van der Waals surface area contributed by atoms with Gasteiger partial charge in [-0.2, -0.15) is 0 Å². The Morgan fingerprint density at radius 2 is 2.11 bits per heavy atom. The van der Waals surface area contributed by atoms with Gasteiger partial charge in [0, 0.05) is 32.3 Å². The molecule has 2 heterocycles. The Labute approximate surface area is 182 Å². The number of rotatable bonds is 5. The standard InChI is InChI=1S/C20H25N5O2.HI/c1-21-20(23-13-19(26)24-17-4-3-10-22-12-17)25-11-9-16(14-25)15-5-7-18(27-2)8-6-15;/h3-8,10,12,16H,9,11,13-14H2,1-2H3,(H,21,23)(H,24,26);1H. The summed E-state index contributed by atoms with van der Waals surface area (Å²) < 4.78 is 5.22. The molecule has 1 aromatic heterocycles. The first-order chi connectivity index (χ1) is 13.2. The molecule has 2 aromatic rings. The molecule has 1 aliphatic rings. The number of benzene rings is 1. The van der Waals surface area contributed by atoms with Gasteiger partial charge in [0.15, 0.2) is 5.96 Å². The van der Waals surface area contributed by atoms with Crippen LogP contribution >= 0.6 is 24.0 Å². The van der Waals surface area contributed by atoms with Crippen LogP contribution in [0.15, 0.2) is 53.8 Å². The van der Waals surface area contributed by atoms with Crippen molar-refractivity contribution in [3.63, 3.8) is 0 Å². The maximum atomic E-state index is 12.1. The maximum Gasteiger partial charge on any atom is 0.243 e. The van der Waals surface area contributed by atoms with Crippen LogP contribution in [0.25, 0.3) is 0 Å². The van der Waals surface area contributed by atoms with E-state index in [4.69, 9.17) is 4.74 Å². The van der Waals surface area contributed by atoms with Crippen LogP contribution in [0.2, 0.25) is 0 Å². The molecule has 1 amide bonds. The summed E-state index contributed by atoms with van der Waals surface area (Å²) >= 11 is 0. The first kappa shape index (κ1) is 21.9. The summed E-state index contributed by atoms with van der Waals surface area (Å²) in [6.07, 6.45) is 4.34. The second kappa shape index (κ2) is 10.8. The van der Waals surface area contributed by atoms with E-state index < -0.39 is 0 Å². The first-order valence-corrected chi connectivity index (χ1v) is 8.99. The number of guanidine groups is 1. The lowest BCUT2D eigenvalue weighted by atomic mass is 9.98. The van der Waals surface area contributed by atoms with Gasteiger partial charge in [0.2, 0.25) is 5.91 Å². The predicted molar refractivity (Wildman–Crippen MR) is 122 cm³/mol. The number of aromatic nitrogens is 1. The van der Waals surface area contributed by atoms with Crippen molar-refractivity contribution in [2.45, 2.75) is 12.3 Å². The van der Waals surface area contributed by atoms with Crippen LogP contribution in [0.1, 0.15) is 17.9 Å². The quantitative estimate of drug-likeness (QED) is 0.379. The van der Waals surface area contributed by atoms with Gasteiger partial charge >= 0.3 is 0 Å². The Hall–Kier alpha value is -2.36. The Morgan fingerprint density at radius 1 is 1.32 bits per heavy atom. The zero-order valence-corrected chi connectivity index (χ0v) is 18.4. The van der Waals surface area contributed by atoms with E-state index in [-0.39, 0.29) is 36.4 Å². The Bertz CT molecular complexity index is 783. The molecule has 28 heavy (non-hydrogen) atoms. The summed E-state index contributed by atoms with van der Waals surface area (Å²) in [4.78, 5) is 22.6. The van der Waals surface area contributed by atoms with Crippen molar-refractivity contribution in [1.82, 2.24) is 15.2 Å².